The van der Waals surface area contributed by atoms with Crippen molar-refractivity contribution < 1.29 is 14.7 Å². The van der Waals surface area contributed by atoms with Crippen molar-refractivity contribution in [3.63, 3.8) is 0 Å². The number of nitrogens with one attached hydrogen (secondary N) is 2. The largest absolute Gasteiger partial charge is 0.478 e. The van der Waals surface area contributed by atoms with Crippen LogP contribution < -0.4 is 5.32 Å². The second-order valence-electron chi connectivity index (χ2n) is 5.42. The minimum Gasteiger partial charge on any atom is -0.478 e. The monoisotopic (exact) mass is 394 g/mol. The molecular formula is C18H11ClN6O3. The predicted octanol–water partition coefficient (Wildman–Crippen LogP) is 2.76. The Hall–Kier alpha value is -4.03. The van der Waals surface area contributed by atoms with Gasteiger partial charge in [0, 0.05) is 17.3 Å². The van der Waals surface area contributed by atoms with Gasteiger partial charge in [0.2, 0.25) is 5.82 Å². The third kappa shape index (κ3) is 3.87. The molecule has 0 atom stereocenters. The zero-order valence-corrected chi connectivity index (χ0v) is 14.8. The number of tetrazole rings is 1. The number of aromatic nitrogens is 4. The maximum atomic E-state index is 12.8. The molecule has 0 bridgehead atoms. The number of carboxylic acids is 1. The Morgan fingerprint density at radius 2 is 1.96 bits per heavy atom. The average Bonchev–Trinajstić information content (AvgIpc) is 3.24. The SMILES string of the molecule is N#CC(=CNc1cc(C(=O)c2ccccc2C(=O)O)ccc1Cl)c1nn[nH]n1. The normalized spacial score (nSPS) is 10.9. The third-order valence-electron chi connectivity index (χ3n) is 3.71. The Morgan fingerprint density at radius 1 is 1.21 bits per heavy atom. The van der Waals surface area contributed by atoms with Crippen molar-refractivity contribution >= 4 is 34.6 Å². The molecule has 0 amide bonds. The zero-order valence-electron chi connectivity index (χ0n) is 14.0. The van der Waals surface area contributed by atoms with E-state index in [1.807, 2.05) is 6.07 Å². The van der Waals surface area contributed by atoms with Crippen LogP contribution in [0.2, 0.25) is 5.02 Å². The summed E-state index contributed by atoms with van der Waals surface area (Å²) in [5.74, 6) is -1.58. The van der Waals surface area contributed by atoms with Crippen LogP contribution in [0.1, 0.15) is 32.1 Å². The highest BCUT2D eigenvalue weighted by molar-refractivity contribution is 6.33. The topological polar surface area (TPSA) is 145 Å². The number of rotatable bonds is 6. The Balaban J connectivity index is 1.93. The molecule has 10 heteroatoms. The van der Waals surface area contributed by atoms with Gasteiger partial charge in [-0.05, 0) is 29.5 Å². The second-order valence-corrected chi connectivity index (χ2v) is 5.83. The summed E-state index contributed by atoms with van der Waals surface area (Å²) in [5.41, 5.74) is 0.630. The average molecular weight is 395 g/mol. The minimum absolute atomic E-state index is 0.0586. The highest BCUT2D eigenvalue weighted by Crippen LogP contribution is 2.26. The van der Waals surface area contributed by atoms with Crippen LogP contribution in [0.15, 0.2) is 48.7 Å². The Morgan fingerprint density at radius 3 is 2.61 bits per heavy atom. The Kier molecular flexibility index (Phi) is 5.43. The van der Waals surface area contributed by atoms with Gasteiger partial charge in [-0.2, -0.15) is 10.5 Å². The van der Waals surface area contributed by atoms with E-state index in [0.717, 1.165) is 0 Å². The first-order valence-corrected chi connectivity index (χ1v) is 8.16. The van der Waals surface area contributed by atoms with Gasteiger partial charge in [0.15, 0.2) is 5.78 Å². The van der Waals surface area contributed by atoms with Crippen LogP contribution in [0.5, 0.6) is 0 Å². The van der Waals surface area contributed by atoms with Crippen LogP contribution >= 0.6 is 11.6 Å². The number of carbonyl (C=O) groups excluding carboxylic acids is 1. The summed E-state index contributed by atoms with van der Waals surface area (Å²) in [6, 6.07) is 12.3. The zero-order chi connectivity index (χ0) is 20.1. The van der Waals surface area contributed by atoms with Crippen molar-refractivity contribution in [2.24, 2.45) is 0 Å². The number of nitrogens with zero attached hydrogens (tertiary/aromatic N) is 4. The Labute approximate surface area is 163 Å². The molecule has 1 aromatic heterocycles. The quantitative estimate of drug-likeness (QED) is 0.427. The first kappa shape index (κ1) is 18.8. The molecule has 9 nitrogen and oxygen atoms in total. The molecule has 0 aliphatic carbocycles. The number of ketones is 1. The van der Waals surface area contributed by atoms with Gasteiger partial charge >= 0.3 is 5.97 Å². The minimum atomic E-state index is -1.20. The second kappa shape index (κ2) is 8.11. The summed E-state index contributed by atoms with van der Waals surface area (Å²) in [5, 5.41) is 34.7. The third-order valence-corrected chi connectivity index (χ3v) is 4.04. The molecule has 0 saturated heterocycles. The van der Waals surface area contributed by atoms with Gasteiger partial charge in [0.05, 0.1) is 16.3 Å². The molecule has 3 N–H and O–H groups in total. The lowest BCUT2D eigenvalue weighted by Gasteiger charge is -2.09. The number of anilines is 1. The van der Waals surface area contributed by atoms with E-state index in [2.05, 4.69) is 25.9 Å². The fourth-order valence-corrected chi connectivity index (χ4v) is 2.54. The van der Waals surface area contributed by atoms with Crippen molar-refractivity contribution in [1.82, 2.24) is 20.6 Å². The molecule has 3 aromatic rings. The number of carboxylic acid groups (broad SMARTS) is 1. The highest BCUT2D eigenvalue weighted by atomic mass is 35.5. The van der Waals surface area contributed by atoms with Crippen molar-refractivity contribution in [1.29, 1.82) is 5.26 Å². The molecule has 0 fully saturated rings. The number of allylic oxidation sites excluding steroid dienone is 1. The summed E-state index contributed by atoms with van der Waals surface area (Å²) in [7, 11) is 0. The summed E-state index contributed by atoms with van der Waals surface area (Å²) < 4.78 is 0. The van der Waals surface area contributed by atoms with Gasteiger partial charge in [-0.15, -0.1) is 10.2 Å². The van der Waals surface area contributed by atoms with Crippen molar-refractivity contribution in [3.8, 4) is 6.07 Å². The highest BCUT2D eigenvalue weighted by Gasteiger charge is 2.18. The summed E-state index contributed by atoms with van der Waals surface area (Å²) in [6.45, 7) is 0. The van der Waals surface area contributed by atoms with Gasteiger partial charge in [-0.25, -0.2) is 4.79 Å². The molecule has 138 valence electrons. The van der Waals surface area contributed by atoms with E-state index in [0.29, 0.717) is 10.7 Å². The summed E-state index contributed by atoms with van der Waals surface area (Å²) in [6.07, 6.45) is 1.32. The standard InChI is InChI=1S/C18H11ClN6O3/c19-14-6-5-10(16(26)12-3-1-2-4-13(12)18(27)28)7-15(14)21-9-11(8-20)17-22-24-25-23-17/h1-7,9,21H,(H,27,28)(H,22,23,24,25). The number of H-pyrrole nitrogens is 1. The molecule has 0 unspecified atom stereocenters. The van der Waals surface area contributed by atoms with Crippen molar-refractivity contribution in [2.75, 3.05) is 5.32 Å². The summed E-state index contributed by atoms with van der Waals surface area (Å²) >= 11 is 6.15. The lowest BCUT2D eigenvalue weighted by molar-refractivity contribution is 0.0693. The molecular weight excluding hydrogens is 384 g/mol. The van der Waals surface area contributed by atoms with Gasteiger partial charge in [-0.3, -0.25) is 4.79 Å². The molecule has 3 rings (SSSR count). The lowest BCUT2D eigenvalue weighted by atomic mass is 9.98. The number of carbonyl (C=O) groups is 2. The lowest BCUT2D eigenvalue weighted by Crippen LogP contribution is -2.09. The fraction of sp³-hybridized carbons (Fsp3) is 0. The number of benzene rings is 2. The number of aromatic amines is 1. The summed E-state index contributed by atoms with van der Waals surface area (Å²) in [4.78, 5) is 24.1. The van der Waals surface area contributed by atoms with Gasteiger partial charge < -0.3 is 10.4 Å². The molecule has 0 radical (unpaired) electrons. The van der Waals surface area contributed by atoms with E-state index in [4.69, 9.17) is 11.6 Å². The van der Waals surface area contributed by atoms with Crippen LogP contribution in [0.25, 0.3) is 5.57 Å². The molecule has 0 aliphatic heterocycles. The van der Waals surface area contributed by atoms with E-state index >= 15 is 0 Å². The first-order chi connectivity index (χ1) is 13.5. The van der Waals surface area contributed by atoms with E-state index in [1.54, 1.807) is 12.1 Å². The number of hydrogen-bond acceptors (Lipinski definition) is 7. The fourth-order valence-electron chi connectivity index (χ4n) is 2.37. The van der Waals surface area contributed by atoms with E-state index < -0.39 is 11.8 Å². The molecule has 2 aromatic carbocycles. The number of nitriles is 1. The molecule has 0 aliphatic rings. The maximum Gasteiger partial charge on any atom is 0.336 e. The van der Waals surface area contributed by atoms with E-state index in [-0.39, 0.29) is 28.1 Å². The van der Waals surface area contributed by atoms with Gasteiger partial charge in [-0.1, -0.05) is 29.8 Å². The smallest absolute Gasteiger partial charge is 0.336 e. The van der Waals surface area contributed by atoms with Crippen LogP contribution in [-0.2, 0) is 0 Å². The molecule has 0 spiro atoms. The van der Waals surface area contributed by atoms with Gasteiger partial charge in [0.25, 0.3) is 0 Å². The predicted molar refractivity (Wildman–Crippen MR) is 99.7 cm³/mol. The number of aromatic carboxylic acids is 1. The van der Waals surface area contributed by atoms with E-state index in [1.165, 1.54) is 36.5 Å². The molecule has 1 heterocycles. The van der Waals surface area contributed by atoms with Gasteiger partial charge in [0.1, 0.15) is 11.6 Å². The van der Waals surface area contributed by atoms with Crippen LogP contribution in [0.4, 0.5) is 5.69 Å². The van der Waals surface area contributed by atoms with Crippen LogP contribution in [0, 0.1) is 11.3 Å². The Bertz CT molecular complexity index is 1120. The van der Waals surface area contributed by atoms with Crippen LogP contribution in [-0.4, -0.2) is 37.5 Å². The van der Waals surface area contributed by atoms with Crippen LogP contribution in [0.3, 0.4) is 0 Å². The van der Waals surface area contributed by atoms with Crippen molar-refractivity contribution in [2.45, 2.75) is 0 Å². The first-order valence-electron chi connectivity index (χ1n) is 7.78. The number of halogens is 1. The number of hydrogen-bond donors (Lipinski definition) is 3. The van der Waals surface area contributed by atoms with E-state index in [9.17, 15) is 20.0 Å². The maximum absolute atomic E-state index is 12.8. The molecule has 0 saturated carbocycles. The molecule has 28 heavy (non-hydrogen) atoms. The van der Waals surface area contributed by atoms with Crippen molar-refractivity contribution in [3.05, 3.63) is 76.2 Å².